The van der Waals surface area contributed by atoms with E-state index in [1.165, 1.54) is 18.4 Å². The van der Waals surface area contributed by atoms with E-state index in [0.29, 0.717) is 0 Å². The maximum Gasteiger partial charge on any atom is 0.0306 e. The first-order valence-corrected chi connectivity index (χ1v) is 7.30. The Morgan fingerprint density at radius 3 is 2.50 bits per heavy atom. The average molecular weight is 349 g/mol. The van der Waals surface area contributed by atoms with Gasteiger partial charge in [-0.05, 0) is 36.1 Å². The topological polar surface area (TPSA) is 26.0 Å². The van der Waals surface area contributed by atoms with Gasteiger partial charge in [0.05, 0.1) is 0 Å². The lowest BCUT2D eigenvalue weighted by atomic mass is 9.99. The van der Waals surface area contributed by atoms with Crippen molar-refractivity contribution in [1.29, 1.82) is 0 Å². The third kappa shape index (κ3) is 4.56. The second-order valence-electron chi connectivity index (χ2n) is 4.60. The predicted octanol–water partition coefficient (Wildman–Crippen LogP) is 5.04. The van der Waals surface area contributed by atoms with Gasteiger partial charge in [0.1, 0.15) is 0 Å². The van der Waals surface area contributed by atoms with Gasteiger partial charge in [-0.3, -0.25) is 0 Å². The van der Waals surface area contributed by atoms with Crippen LogP contribution in [0.4, 0.5) is 0 Å². The molecule has 1 aromatic carbocycles. The molecule has 0 heterocycles. The van der Waals surface area contributed by atoms with Gasteiger partial charge in [0.25, 0.3) is 0 Å². The van der Waals surface area contributed by atoms with Crippen molar-refractivity contribution < 1.29 is 0 Å². The second kappa shape index (κ2) is 6.77. The highest BCUT2D eigenvalue weighted by Crippen LogP contribution is 2.28. The minimum atomic E-state index is 0.130. The summed E-state index contributed by atoms with van der Waals surface area (Å²) < 4.78 is 2.19. The summed E-state index contributed by atoms with van der Waals surface area (Å²) in [6, 6.07) is 6.30. The van der Waals surface area contributed by atoms with E-state index in [-0.39, 0.29) is 6.04 Å². The lowest BCUT2D eigenvalue weighted by molar-refractivity contribution is 0.505. The minimum absolute atomic E-state index is 0.130. The molecule has 16 heavy (non-hydrogen) atoms. The average Bonchev–Trinajstić information content (AvgIpc) is 2.21. The molecule has 1 unspecified atom stereocenters. The van der Waals surface area contributed by atoms with Crippen LogP contribution in [0.5, 0.6) is 0 Å². The largest absolute Gasteiger partial charge is 0.324 e. The van der Waals surface area contributed by atoms with Crippen molar-refractivity contribution in [3.8, 4) is 0 Å². The molecule has 0 aliphatic carbocycles. The van der Waals surface area contributed by atoms with Gasteiger partial charge in [0.2, 0.25) is 0 Å². The molecule has 0 aromatic heterocycles. The van der Waals surface area contributed by atoms with E-state index < -0.39 is 0 Å². The number of nitrogens with two attached hydrogens (primary N) is 1. The van der Waals surface area contributed by atoms with Crippen LogP contribution in [0, 0.1) is 5.92 Å². The Balaban J connectivity index is 2.58. The first kappa shape index (κ1) is 14.2. The molecule has 0 bridgehead atoms. The van der Waals surface area contributed by atoms with Crippen LogP contribution in [-0.2, 0) is 0 Å². The molecule has 0 amide bonds. The normalized spacial score (nSPS) is 13.1. The van der Waals surface area contributed by atoms with Gasteiger partial charge in [0, 0.05) is 15.0 Å². The van der Waals surface area contributed by atoms with Crippen LogP contribution in [0.3, 0.4) is 0 Å². The number of halogens is 2. The molecule has 0 saturated heterocycles. The Morgan fingerprint density at radius 2 is 1.88 bits per heavy atom. The van der Waals surface area contributed by atoms with E-state index in [9.17, 15) is 0 Å². The molecule has 90 valence electrons. The van der Waals surface area contributed by atoms with E-state index in [2.05, 4.69) is 51.8 Å². The first-order valence-electron chi connectivity index (χ1n) is 5.71. The van der Waals surface area contributed by atoms with Crippen LogP contribution in [0.15, 0.2) is 27.1 Å². The number of hydrogen-bond acceptors (Lipinski definition) is 1. The van der Waals surface area contributed by atoms with Crippen molar-refractivity contribution in [2.75, 3.05) is 0 Å². The smallest absolute Gasteiger partial charge is 0.0306 e. The molecule has 0 aliphatic rings. The molecule has 2 N–H and O–H groups in total. The van der Waals surface area contributed by atoms with E-state index in [4.69, 9.17) is 5.73 Å². The fraction of sp³-hybridized carbons (Fsp3) is 0.538. The zero-order chi connectivity index (χ0) is 12.1. The van der Waals surface area contributed by atoms with Crippen LogP contribution in [0.2, 0.25) is 0 Å². The number of rotatable bonds is 5. The van der Waals surface area contributed by atoms with Crippen molar-refractivity contribution in [2.24, 2.45) is 11.7 Å². The van der Waals surface area contributed by atoms with Crippen LogP contribution < -0.4 is 5.73 Å². The summed E-state index contributed by atoms with van der Waals surface area (Å²) in [5, 5.41) is 0. The highest BCUT2D eigenvalue weighted by atomic mass is 79.9. The highest BCUT2D eigenvalue weighted by Gasteiger charge is 2.10. The summed E-state index contributed by atoms with van der Waals surface area (Å²) in [6.07, 6.45) is 3.49. The molecule has 0 spiro atoms. The maximum atomic E-state index is 6.20. The van der Waals surface area contributed by atoms with Crippen molar-refractivity contribution in [1.82, 2.24) is 0 Å². The fourth-order valence-corrected chi connectivity index (χ4v) is 2.62. The summed E-state index contributed by atoms with van der Waals surface area (Å²) in [6.45, 7) is 4.50. The maximum absolute atomic E-state index is 6.20. The van der Waals surface area contributed by atoms with Gasteiger partial charge in [-0.1, -0.05) is 58.5 Å². The van der Waals surface area contributed by atoms with Gasteiger partial charge in [-0.2, -0.15) is 0 Å². The van der Waals surface area contributed by atoms with Gasteiger partial charge >= 0.3 is 0 Å². The Hall–Kier alpha value is 0.140. The summed E-state index contributed by atoms with van der Waals surface area (Å²) in [5.41, 5.74) is 7.39. The lowest BCUT2D eigenvalue weighted by Crippen LogP contribution is -2.11. The van der Waals surface area contributed by atoms with Gasteiger partial charge < -0.3 is 5.73 Å². The number of hydrogen-bond donors (Lipinski definition) is 1. The van der Waals surface area contributed by atoms with Gasteiger partial charge in [0.15, 0.2) is 0 Å². The van der Waals surface area contributed by atoms with E-state index in [1.54, 1.807) is 0 Å². The molecule has 0 aliphatic heterocycles. The third-order valence-electron chi connectivity index (χ3n) is 2.65. The Bertz CT molecular complexity index is 337. The summed E-state index contributed by atoms with van der Waals surface area (Å²) in [7, 11) is 0. The monoisotopic (exact) mass is 347 g/mol. The lowest BCUT2D eigenvalue weighted by Gasteiger charge is -2.15. The van der Waals surface area contributed by atoms with Crippen LogP contribution in [0.1, 0.15) is 44.7 Å². The quantitative estimate of drug-likeness (QED) is 0.792. The van der Waals surface area contributed by atoms with Crippen molar-refractivity contribution in [3.05, 3.63) is 32.7 Å². The Morgan fingerprint density at radius 1 is 1.19 bits per heavy atom. The third-order valence-corrected chi connectivity index (χ3v) is 3.87. The van der Waals surface area contributed by atoms with E-state index >= 15 is 0 Å². The molecule has 1 nitrogen and oxygen atoms in total. The highest BCUT2D eigenvalue weighted by molar-refractivity contribution is 9.11. The van der Waals surface area contributed by atoms with Crippen LogP contribution >= 0.6 is 31.9 Å². The van der Waals surface area contributed by atoms with Crippen LogP contribution in [-0.4, -0.2) is 0 Å². The predicted molar refractivity (Wildman–Crippen MR) is 77.5 cm³/mol. The Kier molecular flexibility index (Phi) is 6.01. The molecule has 1 rings (SSSR count). The summed E-state index contributed by atoms with van der Waals surface area (Å²) >= 11 is 7.03. The van der Waals surface area contributed by atoms with Crippen molar-refractivity contribution in [3.63, 3.8) is 0 Å². The SMILES string of the molecule is CC(C)CCCC(N)c1cc(Br)ccc1Br. The number of benzene rings is 1. The van der Waals surface area contributed by atoms with Gasteiger partial charge in [-0.25, -0.2) is 0 Å². The first-order chi connectivity index (χ1) is 7.50. The van der Waals surface area contributed by atoms with Crippen molar-refractivity contribution >= 4 is 31.9 Å². The van der Waals surface area contributed by atoms with Crippen molar-refractivity contribution in [2.45, 2.75) is 39.2 Å². The molecule has 1 atom stereocenters. The molecule has 0 saturated carbocycles. The second-order valence-corrected chi connectivity index (χ2v) is 6.37. The minimum Gasteiger partial charge on any atom is -0.324 e. The summed E-state index contributed by atoms with van der Waals surface area (Å²) in [5.74, 6) is 0.762. The molecule has 3 heteroatoms. The molecule has 1 aromatic rings. The molecular weight excluding hydrogens is 330 g/mol. The molecular formula is C13H19Br2N. The Labute approximate surface area is 115 Å². The van der Waals surface area contributed by atoms with Crippen LogP contribution in [0.25, 0.3) is 0 Å². The fourth-order valence-electron chi connectivity index (χ4n) is 1.70. The zero-order valence-electron chi connectivity index (χ0n) is 9.84. The standard InChI is InChI=1S/C13H19Br2N/c1-9(2)4-3-5-13(16)11-8-10(14)6-7-12(11)15/h6-9,13H,3-5,16H2,1-2H3. The zero-order valence-corrected chi connectivity index (χ0v) is 13.0. The van der Waals surface area contributed by atoms with E-state index in [1.807, 2.05) is 12.1 Å². The van der Waals surface area contributed by atoms with Gasteiger partial charge in [-0.15, -0.1) is 0 Å². The van der Waals surface area contributed by atoms with E-state index in [0.717, 1.165) is 21.3 Å². The summed E-state index contributed by atoms with van der Waals surface area (Å²) in [4.78, 5) is 0. The molecule has 0 fully saturated rings. The molecule has 0 radical (unpaired) electrons.